The molecule has 0 radical (unpaired) electrons. The minimum Gasteiger partial charge on any atom is -0.501 e. The summed E-state index contributed by atoms with van der Waals surface area (Å²) in [5.41, 5.74) is -0.468. The van der Waals surface area contributed by atoms with E-state index in [2.05, 4.69) is 14.7 Å². The predicted octanol–water partition coefficient (Wildman–Crippen LogP) is 1.03. The number of ether oxygens (including phenoxy) is 1. The first-order valence-corrected chi connectivity index (χ1v) is 5.75. The highest BCUT2D eigenvalue weighted by atomic mass is 16.5. The van der Waals surface area contributed by atoms with E-state index >= 15 is 0 Å². The van der Waals surface area contributed by atoms with Crippen LogP contribution >= 0.6 is 0 Å². The molecular formula is C13H13N3O4. The highest BCUT2D eigenvalue weighted by Gasteiger charge is 2.20. The Balaban J connectivity index is 2.51. The molecule has 0 aliphatic heterocycles. The van der Waals surface area contributed by atoms with Gasteiger partial charge in [0.2, 0.25) is 11.7 Å². The zero-order valence-electron chi connectivity index (χ0n) is 11.0. The van der Waals surface area contributed by atoms with Crippen molar-refractivity contribution in [1.29, 1.82) is 0 Å². The molecule has 0 unspecified atom stereocenters. The number of hydrogen-bond donors (Lipinski definition) is 2. The molecular weight excluding hydrogens is 262 g/mol. The lowest BCUT2D eigenvalue weighted by Crippen LogP contribution is -2.22. The molecule has 2 N–H and O–H groups in total. The van der Waals surface area contributed by atoms with Crippen LogP contribution in [0.5, 0.6) is 5.75 Å². The molecule has 0 aliphatic carbocycles. The number of nitrogens with zero attached hydrogens (tertiary/aromatic N) is 2. The van der Waals surface area contributed by atoms with Crippen LogP contribution in [0.15, 0.2) is 35.1 Å². The van der Waals surface area contributed by atoms with Gasteiger partial charge in [0.15, 0.2) is 5.69 Å². The van der Waals surface area contributed by atoms with Gasteiger partial charge in [0.25, 0.3) is 5.56 Å². The monoisotopic (exact) mass is 275 g/mol. The van der Waals surface area contributed by atoms with Crippen LogP contribution < -0.4 is 10.5 Å². The highest BCUT2D eigenvalue weighted by molar-refractivity contribution is 5.90. The summed E-state index contributed by atoms with van der Waals surface area (Å²) in [5, 5.41) is 9.55. The Morgan fingerprint density at radius 2 is 2.00 bits per heavy atom. The van der Waals surface area contributed by atoms with Gasteiger partial charge in [-0.1, -0.05) is 18.2 Å². The topological polar surface area (TPSA) is 95.5 Å². The van der Waals surface area contributed by atoms with Crippen molar-refractivity contribution in [3.05, 3.63) is 46.4 Å². The van der Waals surface area contributed by atoms with Crippen molar-refractivity contribution in [3.63, 3.8) is 0 Å². The number of aromatic nitrogens is 2. The number of carbonyl (C=O) groups excluding carboxylic acids is 1. The zero-order valence-corrected chi connectivity index (χ0v) is 11.0. The molecule has 0 atom stereocenters. The van der Waals surface area contributed by atoms with E-state index in [1.54, 1.807) is 11.9 Å². The molecule has 7 nitrogen and oxygen atoms in total. The average Bonchev–Trinajstić information content (AvgIpc) is 2.49. The van der Waals surface area contributed by atoms with Crippen molar-refractivity contribution in [2.24, 2.45) is 0 Å². The number of benzene rings is 1. The Hall–Kier alpha value is -2.83. The first kappa shape index (κ1) is 13.6. The van der Waals surface area contributed by atoms with Gasteiger partial charge in [-0.2, -0.15) is 0 Å². The van der Waals surface area contributed by atoms with E-state index in [4.69, 9.17) is 0 Å². The molecule has 0 spiro atoms. The molecule has 0 saturated heterocycles. The van der Waals surface area contributed by atoms with Crippen molar-refractivity contribution in [2.45, 2.75) is 0 Å². The minimum atomic E-state index is -0.878. The van der Waals surface area contributed by atoms with Gasteiger partial charge in [-0.25, -0.2) is 9.78 Å². The van der Waals surface area contributed by atoms with Gasteiger partial charge in [0.1, 0.15) is 0 Å². The van der Waals surface area contributed by atoms with E-state index in [1.165, 1.54) is 0 Å². The molecule has 1 heterocycles. The van der Waals surface area contributed by atoms with Crippen LogP contribution in [0.1, 0.15) is 10.5 Å². The number of hydrogen-bond acceptors (Lipinski definition) is 6. The Morgan fingerprint density at radius 3 is 2.60 bits per heavy atom. The number of esters is 1. The Morgan fingerprint density at radius 1 is 1.35 bits per heavy atom. The van der Waals surface area contributed by atoms with Crippen LogP contribution in [0.3, 0.4) is 0 Å². The summed E-state index contributed by atoms with van der Waals surface area (Å²) in [7, 11) is 2.82. The number of rotatable bonds is 3. The van der Waals surface area contributed by atoms with Gasteiger partial charge in [-0.05, 0) is 12.1 Å². The third kappa shape index (κ3) is 2.46. The minimum absolute atomic E-state index is 0.124. The first-order valence-electron chi connectivity index (χ1n) is 5.75. The SMILES string of the molecule is COC(=O)c1nc(N(C)c2ccccc2)[nH]c(=O)c1O. The van der Waals surface area contributed by atoms with Crippen molar-refractivity contribution < 1.29 is 14.6 Å². The summed E-state index contributed by atoms with van der Waals surface area (Å²) in [6, 6.07) is 9.12. The van der Waals surface area contributed by atoms with E-state index in [1.807, 2.05) is 30.3 Å². The first-order chi connectivity index (χ1) is 9.54. The highest BCUT2D eigenvalue weighted by Crippen LogP contribution is 2.20. The number of carbonyl (C=O) groups is 1. The average molecular weight is 275 g/mol. The lowest BCUT2D eigenvalue weighted by Gasteiger charge is -2.18. The molecule has 20 heavy (non-hydrogen) atoms. The predicted molar refractivity (Wildman–Crippen MR) is 72.4 cm³/mol. The maximum Gasteiger partial charge on any atom is 0.360 e. The second-order valence-electron chi connectivity index (χ2n) is 3.97. The van der Waals surface area contributed by atoms with E-state index in [-0.39, 0.29) is 5.95 Å². The quantitative estimate of drug-likeness (QED) is 0.812. The number of para-hydroxylation sites is 1. The second kappa shape index (κ2) is 5.43. The van der Waals surface area contributed by atoms with Crippen LogP contribution in [0, 0.1) is 0 Å². The molecule has 1 aromatic carbocycles. The molecule has 2 aromatic rings. The number of aromatic hydroxyl groups is 1. The van der Waals surface area contributed by atoms with Crippen LogP contribution in [0.4, 0.5) is 11.6 Å². The normalized spacial score (nSPS) is 10.1. The molecule has 0 fully saturated rings. The van der Waals surface area contributed by atoms with Gasteiger partial charge in [-0.15, -0.1) is 0 Å². The van der Waals surface area contributed by atoms with Crippen molar-refractivity contribution >= 4 is 17.6 Å². The van der Waals surface area contributed by atoms with Gasteiger partial charge in [0, 0.05) is 12.7 Å². The fraction of sp³-hybridized carbons (Fsp3) is 0.154. The molecule has 2 rings (SSSR count). The van der Waals surface area contributed by atoms with Crippen molar-refractivity contribution in [3.8, 4) is 5.75 Å². The Kier molecular flexibility index (Phi) is 3.69. The van der Waals surface area contributed by atoms with Crippen LogP contribution in [0.2, 0.25) is 0 Å². The lowest BCUT2D eigenvalue weighted by atomic mass is 10.3. The van der Waals surface area contributed by atoms with Gasteiger partial charge < -0.3 is 14.7 Å². The van der Waals surface area contributed by atoms with Crippen molar-refractivity contribution in [1.82, 2.24) is 9.97 Å². The summed E-state index contributed by atoms with van der Waals surface area (Å²) in [5.74, 6) is -1.52. The smallest absolute Gasteiger partial charge is 0.360 e. The van der Waals surface area contributed by atoms with Gasteiger partial charge in [-0.3, -0.25) is 9.78 Å². The zero-order chi connectivity index (χ0) is 14.7. The van der Waals surface area contributed by atoms with Crippen molar-refractivity contribution in [2.75, 3.05) is 19.1 Å². The number of methoxy groups -OCH3 is 1. The second-order valence-corrected chi connectivity index (χ2v) is 3.97. The standard InChI is InChI=1S/C13H13N3O4/c1-16(8-6-4-3-5-7-8)13-14-9(12(19)20-2)10(17)11(18)15-13/h3-7,17H,1-2H3,(H,14,15,18). The molecule has 0 amide bonds. The summed E-state index contributed by atoms with van der Waals surface area (Å²) in [6.07, 6.45) is 0. The number of anilines is 2. The third-order valence-electron chi connectivity index (χ3n) is 2.72. The maximum atomic E-state index is 11.6. The molecule has 0 bridgehead atoms. The lowest BCUT2D eigenvalue weighted by molar-refractivity contribution is 0.0590. The van der Waals surface area contributed by atoms with Crippen LogP contribution in [0.25, 0.3) is 0 Å². The Bertz CT molecular complexity index is 682. The number of nitrogens with one attached hydrogen (secondary N) is 1. The fourth-order valence-electron chi connectivity index (χ4n) is 1.63. The maximum absolute atomic E-state index is 11.6. The van der Waals surface area contributed by atoms with Gasteiger partial charge in [0.05, 0.1) is 7.11 Å². The summed E-state index contributed by atoms with van der Waals surface area (Å²) in [4.78, 5) is 31.0. The molecule has 0 saturated carbocycles. The van der Waals surface area contributed by atoms with E-state index in [0.717, 1.165) is 12.8 Å². The largest absolute Gasteiger partial charge is 0.501 e. The van der Waals surface area contributed by atoms with E-state index < -0.39 is 23.0 Å². The summed E-state index contributed by atoms with van der Waals surface area (Å²) < 4.78 is 4.48. The fourth-order valence-corrected chi connectivity index (χ4v) is 1.63. The molecule has 1 aromatic heterocycles. The summed E-state index contributed by atoms with van der Waals surface area (Å²) >= 11 is 0. The van der Waals surface area contributed by atoms with E-state index in [9.17, 15) is 14.7 Å². The number of H-pyrrole nitrogens is 1. The van der Waals surface area contributed by atoms with E-state index in [0.29, 0.717) is 0 Å². The Labute approximate surface area is 114 Å². The van der Waals surface area contributed by atoms with Crippen LogP contribution in [-0.2, 0) is 4.74 Å². The third-order valence-corrected chi connectivity index (χ3v) is 2.72. The van der Waals surface area contributed by atoms with Gasteiger partial charge >= 0.3 is 5.97 Å². The van der Waals surface area contributed by atoms with Crippen LogP contribution in [-0.4, -0.2) is 35.2 Å². The number of aromatic amines is 1. The molecule has 104 valence electrons. The molecule has 7 heteroatoms. The summed E-state index contributed by atoms with van der Waals surface area (Å²) in [6.45, 7) is 0. The molecule has 0 aliphatic rings.